The van der Waals surface area contributed by atoms with Crippen LogP contribution in [0.1, 0.15) is 38.3 Å². The van der Waals surface area contributed by atoms with Crippen molar-refractivity contribution in [1.82, 2.24) is 10.2 Å². The van der Waals surface area contributed by atoms with E-state index in [0.717, 1.165) is 26.4 Å². The van der Waals surface area contributed by atoms with Crippen molar-refractivity contribution >= 4 is 38.5 Å². The summed E-state index contributed by atoms with van der Waals surface area (Å²) < 4.78 is 6.76. The minimum Gasteiger partial charge on any atom is -0.483 e. The maximum Gasteiger partial charge on any atom is 0.261 e. The lowest BCUT2D eigenvalue weighted by molar-refractivity contribution is -0.143. The predicted molar refractivity (Wildman–Crippen MR) is 141 cm³/mol. The Morgan fingerprint density at radius 3 is 2.53 bits per heavy atom. The Labute approximate surface area is 210 Å². The number of amides is 2. The molecule has 0 aromatic heterocycles. The van der Waals surface area contributed by atoms with Gasteiger partial charge >= 0.3 is 0 Å². The molecule has 0 unspecified atom stereocenters. The zero-order chi connectivity index (χ0) is 24.7. The van der Waals surface area contributed by atoms with Gasteiger partial charge in [-0.15, -0.1) is 0 Å². The monoisotopic (exact) mass is 524 g/mol. The van der Waals surface area contributed by atoms with E-state index in [9.17, 15) is 9.59 Å². The van der Waals surface area contributed by atoms with Gasteiger partial charge in [0.1, 0.15) is 11.8 Å². The molecular weight excluding hydrogens is 492 g/mol. The van der Waals surface area contributed by atoms with Crippen LogP contribution in [-0.2, 0) is 16.1 Å². The highest BCUT2D eigenvalue weighted by atomic mass is 79.9. The summed E-state index contributed by atoms with van der Waals surface area (Å²) in [6.45, 7) is 8.80. The van der Waals surface area contributed by atoms with Gasteiger partial charge in [-0.1, -0.05) is 80.9 Å². The van der Waals surface area contributed by atoms with E-state index in [1.807, 2.05) is 88.4 Å². The molecule has 0 bridgehead atoms. The molecule has 0 radical (unpaired) electrons. The summed E-state index contributed by atoms with van der Waals surface area (Å²) in [5, 5.41) is 5.09. The Balaban J connectivity index is 1.82. The summed E-state index contributed by atoms with van der Waals surface area (Å²) in [5.74, 6) is 0.563. The van der Waals surface area contributed by atoms with E-state index < -0.39 is 6.04 Å². The molecular formula is C28H33BrN2O3. The molecule has 2 amide bonds. The second-order valence-corrected chi connectivity index (χ2v) is 9.75. The van der Waals surface area contributed by atoms with Crippen LogP contribution in [0.2, 0.25) is 0 Å². The van der Waals surface area contributed by atoms with Crippen molar-refractivity contribution in [1.29, 1.82) is 0 Å². The molecule has 0 heterocycles. The van der Waals surface area contributed by atoms with Crippen LogP contribution in [0.5, 0.6) is 5.75 Å². The molecule has 0 saturated carbocycles. The number of nitrogens with one attached hydrogen (secondary N) is 1. The minimum atomic E-state index is -0.574. The van der Waals surface area contributed by atoms with Crippen molar-refractivity contribution in [3.05, 3.63) is 76.3 Å². The van der Waals surface area contributed by atoms with Crippen LogP contribution in [0.25, 0.3) is 10.8 Å². The van der Waals surface area contributed by atoms with Gasteiger partial charge in [0.15, 0.2) is 6.61 Å². The van der Waals surface area contributed by atoms with Gasteiger partial charge in [-0.2, -0.15) is 0 Å². The number of hydrogen-bond acceptors (Lipinski definition) is 3. The van der Waals surface area contributed by atoms with Gasteiger partial charge in [-0.3, -0.25) is 9.59 Å². The molecule has 0 aliphatic carbocycles. The Kier molecular flexibility index (Phi) is 9.11. The lowest BCUT2D eigenvalue weighted by atomic mass is 10.1. The summed E-state index contributed by atoms with van der Waals surface area (Å²) in [5.41, 5.74) is 2.09. The van der Waals surface area contributed by atoms with Gasteiger partial charge in [0.25, 0.3) is 5.91 Å². The number of aryl methyl sites for hydroxylation is 1. The van der Waals surface area contributed by atoms with Crippen molar-refractivity contribution in [2.75, 3.05) is 13.2 Å². The van der Waals surface area contributed by atoms with E-state index in [4.69, 9.17) is 4.74 Å². The third-order valence-corrected chi connectivity index (χ3v) is 6.50. The number of benzene rings is 3. The molecule has 5 nitrogen and oxygen atoms in total. The number of rotatable bonds is 10. The smallest absolute Gasteiger partial charge is 0.261 e. The molecule has 180 valence electrons. The van der Waals surface area contributed by atoms with E-state index in [0.29, 0.717) is 31.2 Å². The second kappa shape index (κ2) is 12.0. The Morgan fingerprint density at radius 2 is 1.82 bits per heavy atom. The second-order valence-electron chi connectivity index (χ2n) is 8.96. The molecule has 3 aromatic carbocycles. The fraction of sp³-hybridized carbons (Fsp3) is 0.357. The molecule has 1 N–H and O–H groups in total. The quantitative estimate of drug-likeness (QED) is 0.360. The van der Waals surface area contributed by atoms with Gasteiger partial charge in [-0.05, 0) is 57.6 Å². The van der Waals surface area contributed by atoms with E-state index in [-0.39, 0.29) is 18.4 Å². The molecule has 3 aromatic rings. The lowest BCUT2D eigenvalue weighted by Gasteiger charge is -2.31. The average molecular weight is 525 g/mol. The molecule has 6 heteroatoms. The highest BCUT2D eigenvalue weighted by Crippen LogP contribution is 2.33. The normalized spacial score (nSPS) is 11.9. The first-order valence-electron chi connectivity index (χ1n) is 11.7. The number of hydrogen-bond donors (Lipinski definition) is 1. The number of carbonyl (C=O) groups excluding carboxylic acids is 2. The van der Waals surface area contributed by atoms with E-state index >= 15 is 0 Å². The SMILES string of the molecule is CC[C@@H](C(=O)NCC(C)C)N(Cc1cccc(C)c1)C(=O)COc1ccc2ccccc2c1Br. The highest BCUT2D eigenvalue weighted by Gasteiger charge is 2.29. The standard InChI is InChI=1S/C28H33BrN2O3/c1-5-24(28(33)30-16-19(2)3)31(17-21-10-8-9-20(4)15-21)26(32)18-34-25-14-13-22-11-6-7-12-23(22)27(25)29/h6-15,19,24H,5,16-18H2,1-4H3,(H,30,33)/t24-/m0/s1. The summed E-state index contributed by atoms with van der Waals surface area (Å²) in [6.07, 6.45) is 0.515. The maximum atomic E-state index is 13.4. The summed E-state index contributed by atoms with van der Waals surface area (Å²) in [7, 11) is 0. The third-order valence-electron chi connectivity index (χ3n) is 5.68. The third kappa shape index (κ3) is 6.60. The van der Waals surface area contributed by atoms with Crippen LogP contribution in [0.3, 0.4) is 0 Å². The predicted octanol–water partition coefficient (Wildman–Crippen LogP) is 5.87. The van der Waals surface area contributed by atoms with Crippen LogP contribution < -0.4 is 10.1 Å². The Morgan fingerprint density at radius 1 is 1.06 bits per heavy atom. The molecule has 0 aliphatic rings. The van der Waals surface area contributed by atoms with Crippen molar-refractivity contribution in [3.63, 3.8) is 0 Å². The first-order valence-corrected chi connectivity index (χ1v) is 12.5. The van der Waals surface area contributed by atoms with Crippen LogP contribution in [0.15, 0.2) is 65.1 Å². The average Bonchev–Trinajstić information content (AvgIpc) is 2.82. The molecule has 0 saturated heterocycles. The summed E-state index contributed by atoms with van der Waals surface area (Å²) >= 11 is 3.62. The fourth-order valence-electron chi connectivity index (χ4n) is 3.90. The van der Waals surface area contributed by atoms with Gasteiger partial charge in [0, 0.05) is 13.1 Å². The zero-order valence-electron chi connectivity index (χ0n) is 20.3. The molecule has 3 rings (SSSR count). The molecule has 1 atom stereocenters. The van der Waals surface area contributed by atoms with E-state index in [1.54, 1.807) is 4.90 Å². The van der Waals surface area contributed by atoms with Crippen molar-refractivity contribution < 1.29 is 14.3 Å². The topological polar surface area (TPSA) is 58.6 Å². The first kappa shape index (κ1) is 25.8. The summed E-state index contributed by atoms with van der Waals surface area (Å²) in [6, 6.07) is 19.2. The van der Waals surface area contributed by atoms with Crippen LogP contribution in [0.4, 0.5) is 0 Å². The number of halogens is 1. The van der Waals surface area contributed by atoms with Crippen molar-refractivity contribution in [3.8, 4) is 5.75 Å². The van der Waals surface area contributed by atoms with Crippen LogP contribution in [0, 0.1) is 12.8 Å². The molecule has 0 spiro atoms. The number of nitrogens with zero attached hydrogens (tertiary/aromatic N) is 1. The van der Waals surface area contributed by atoms with Gasteiger partial charge < -0.3 is 15.0 Å². The van der Waals surface area contributed by atoms with Crippen molar-refractivity contribution in [2.24, 2.45) is 5.92 Å². The van der Waals surface area contributed by atoms with Crippen LogP contribution in [-0.4, -0.2) is 35.9 Å². The van der Waals surface area contributed by atoms with Gasteiger partial charge in [0.05, 0.1) is 4.47 Å². The number of ether oxygens (including phenoxy) is 1. The first-order chi connectivity index (χ1) is 16.3. The zero-order valence-corrected chi connectivity index (χ0v) is 21.9. The summed E-state index contributed by atoms with van der Waals surface area (Å²) in [4.78, 5) is 28.1. The number of carbonyl (C=O) groups is 2. The Hall–Kier alpha value is -2.86. The van der Waals surface area contributed by atoms with E-state index in [2.05, 4.69) is 21.2 Å². The van der Waals surface area contributed by atoms with Crippen LogP contribution >= 0.6 is 15.9 Å². The lowest BCUT2D eigenvalue weighted by Crippen LogP contribution is -2.50. The van der Waals surface area contributed by atoms with E-state index in [1.165, 1.54) is 0 Å². The van der Waals surface area contributed by atoms with Gasteiger partial charge in [-0.25, -0.2) is 0 Å². The fourth-order valence-corrected chi connectivity index (χ4v) is 4.50. The maximum absolute atomic E-state index is 13.4. The molecule has 0 aliphatic heterocycles. The Bertz CT molecular complexity index is 1150. The van der Waals surface area contributed by atoms with Crippen molar-refractivity contribution in [2.45, 2.75) is 46.7 Å². The molecule has 0 fully saturated rings. The largest absolute Gasteiger partial charge is 0.483 e. The highest BCUT2D eigenvalue weighted by molar-refractivity contribution is 9.10. The number of fused-ring (bicyclic) bond motifs is 1. The van der Waals surface area contributed by atoms with Gasteiger partial charge in [0.2, 0.25) is 5.91 Å². The molecule has 34 heavy (non-hydrogen) atoms. The minimum absolute atomic E-state index is 0.135.